The topological polar surface area (TPSA) is 38.7 Å². The smallest absolute Gasteiger partial charge is 0.169 e. The largest absolute Gasteiger partial charge is 0.393 e. The van der Waals surface area contributed by atoms with E-state index in [-0.39, 0.29) is 17.8 Å². The first-order chi connectivity index (χ1) is 16.3. The van der Waals surface area contributed by atoms with Gasteiger partial charge in [0.15, 0.2) is 5.79 Å². The molecular weight excluding hydrogens is 420 g/mol. The molecule has 0 aromatic heterocycles. The van der Waals surface area contributed by atoms with Crippen molar-refractivity contribution in [3.05, 3.63) is 42.0 Å². The molecule has 0 spiro atoms. The standard InChI is InChI=1S/C31H44O3/c1-29-16-15-26-24(25(29)13-14-28(29)31(3)33-17-18-34-31)12-11-23-19-27(32)22(20-30(23,26)2)10-9-21-7-5-4-6-8-21/h4-10,22-28,32H,11-20H2,1-3H3/b10-9+/t22?,23-,24-,25-,26-,27-,28-,29-,30-/m0/s1. The van der Waals surface area contributed by atoms with E-state index in [2.05, 4.69) is 63.3 Å². The fourth-order valence-corrected chi connectivity index (χ4v) is 9.94. The molecule has 1 aromatic carbocycles. The van der Waals surface area contributed by atoms with Crippen LogP contribution in [0.2, 0.25) is 0 Å². The highest BCUT2D eigenvalue weighted by Gasteiger charge is 2.64. The Morgan fingerprint density at radius 1 is 0.882 bits per heavy atom. The van der Waals surface area contributed by atoms with E-state index in [1.807, 2.05) is 0 Å². The lowest BCUT2D eigenvalue weighted by atomic mass is 9.43. The third kappa shape index (κ3) is 3.56. The second kappa shape index (κ2) is 8.46. The number of ether oxygens (including phenoxy) is 2. The van der Waals surface area contributed by atoms with E-state index in [1.165, 1.54) is 44.1 Å². The molecule has 4 saturated carbocycles. The molecule has 0 bridgehead atoms. The maximum atomic E-state index is 11.1. The molecule has 34 heavy (non-hydrogen) atoms. The third-order valence-electron chi connectivity index (χ3n) is 11.6. The normalized spacial score (nSPS) is 47.8. The summed E-state index contributed by atoms with van der Waals surface area (Å²) in [7, 11) is 0. The highest BCUT2D eigenvalue weighted by Crippen LogP contribution is 2.69. The maximum Gasteiger partial charge on any atom is 0.169 e. The molecular formula is C31H44O3. The average Bonchev–Trinajstić information content (AvgIpc) is 3.42. The first kappa shape index (κ1) is 23.3. The van der Waals surface area contributed by atoms with Crippen LogP contribution in [-0.4, -0.2) is 30.2 Å². The molecule has 3 nitrogen and oxygen atoms in total. The Balaban J connectivity index is 1.23. The zero-order valence-corrected chi connectivity index (χ0v) is 21.4. The SMILES string of the molecule is CC1([C@H]2CC[C@H]3[C@@H]4CC[C@H]5C[C@H](O)C(/C=C/c6ccccc6)C[C@]5(C)[C@H]4CC[C@]23C)OCCO1. The fourth-order valence-electron chi connectivity index (χ4n) is 9.94. The molecule has 9 atom stereocenters. The van der Waals surface area contributed by atoms with Crippen molar-refractivity contribution in [1.29, 1.82) is 0 Å². The Kier molecular flexibility index (Phi) is 5.78. The van der Waals surface area contributed by atoms with Gasteiger partial charge in [-0.2, -0.15) is 0 Å². The number of fused-ring (bicyclic) bond motifs is 5. The van der Waals surface area contributed by atoms with Crippen molar-refractivity contribution in [2.24, 2.45) is 46.3 Å². The molecule has 186 valence electrons. The first-order valence-corrected chi connectivity index (χ1v) is 14.0. The van der Waals surface area contributed by atoms with E-state index in [0.717, 1.165) is 43.8 Å². The van der Waals surface area contributed by atoms with Crippen LogP contribution in [0.1, 0.15) is 77.7 Å². The highest BCUT2D eigenvalue weighted by atomic mass is 16.7. The van der Waals surface area contributed by atoms with Gasteiger partial charge >= 0.3 is 0 Å². The van der Waals surface area contributed by atoms with Gasteiger partial charge in [0.25, 0.3) is 0 Å². The summed E-state index contributed by atoms with van der Waals surface area (Å²) in [5.41, 5.74) is 1.92. The predicted molar refractivity (Wildman–Crippen MR) is 136 cm³/mol. The van der Waals surface area contributed by atoms with Crippen molar-refractivity contribution in [3.63, 3.8) is 0 Å². The molecule has 0 amide bonds. The van der Waals surface area contributed by atoms with Crippen molar-refractivity contribution < 1.29 is 14.6 Å². The van der Waals surface area contributed by atoms with Crippen molar-refractivity contribution >= 4 is 6.08 Å². The van der Waals surface area contributed by atoms with Gasteiger partial charge in [-0.05, 0) is 98.4 Å². The van der Waals surface area contributed by atoms with Crippen LogP contribution in [0.5, 0.6) is 0 Å². The lowest BCUT2D eigenvalue weighted by Crippen LogP contribution is -2.56. The van der Waals surface area contributed by atoms with Crippen LogP contribution in [-0.2, 0) is 9.47 Å². The van der Waals surface area contributed by atoms with E-state index in [4.69, 9.17) is 9.47 Å². The Bertz CT molecular complexity index is 905. The first-order valence-electron chi connectivity index (χ1n) is 14.0. The monoisotopic (exact) mass is 464 g/mol. The van der Waals surface area contributed by atoms with Gasteiger partial charge in [-0.25, -0.2) is 0 Å². The summed E-state index contributed by atoms with van der Waals surface area (Å²) in [6.07, 6.45) is 14.4. The van der Waals surface area contributed by atoms with Crippen LogP contribution < -0.4 is 0 Å². The third-order valence-corrected chi connectivity index (χ3v) is 11.6. The Labute approximate surface area is 206 Å². The summed E-state index contributed by atoms with van der Waals surface area (Å²) in [5.74, 6) is 3.50. The Morgan fingerprint density at radius 3 is 2.38 bits per heavy atom. The highest BCUT2D eigenvalue weighted by molar-refractivity contribution is 5.49. The molecule has 1 aromatic rings. The van der Waals surface area contributed by atoms with Gasteiger partial charge in [0, 0.05) is 11.8 Å². The Morgan fingerprint density at radius 2 is 1.62 bits per heavy atom. The van der Waals surface area contributed by atoms with Gasteiger partial charge in [0.05, 0.1) is 19.3 Å². The van der Waals surface area contributed by atoms with E-state index < -0.39 is 0 Å². The minimum Gasteiger partial charge on any atom is -0.393 e. The molecule has 1 aliphatic heterocycles. The number of hydrogen-bond donors (Lipinski definition) is 1. The van der Waals surface area contributed by atoms with Crippen LogP contribution in [0.15, 0.2) is 36.4 Å². The van der Waals surface area contributed by atoms with Gasteiger partial charge in [-0.15, -0.1) is 0 Å². The quantitative estimate of drug-likeness (QED) is 0.540. The predicted octanol–water partition coefficient (Wildman–Crippen LogP) is 6.71. The van der Waals surface area contributed by atoms with Crippen molar-refractivity contribution in [2.45, 2.75) is 84.0 Å². The number of hydrogen-bond acceptors (Lipinski definition) is 3. The molecule has 1 saturated heterocycles. The van der Waals surface area contributed by atoms with E-state index in [9.17, 15) is 5.11 Å². The maximum absolute atomic E-state index is 11.1. The number of benzene rings is 1. The molecule has 1 unspecified atom stereocenters. The molecule has 4 aliphatic carbocycles. The van der Waals surface area contributed by atoms with Gasteiger partial charge < -0.3 is 14.6 Å². The van der Waals surface area contributed by atoms with Crippen LogP contribution in [0, 0.1) is 46.3 Å². The van der Waals surface area contributed by atoms with E-state index in [0.29, 0.717) is 22.7 Å². The Hall–Kier alpha value is -1.16. The minimum absolute atomic E-state index is 0.198. The zero-order valence-electron chi connectivity index (χ0n) is 21.4. The van der Waals surface area contributed by atoms with Crippen LogP contribution in [0.25, 0.3) is 6.08 Å². The van der Waals surface area contributed by atoms with E-state index in [1.54, 1.807) is 0 Å². The van der Waals surface area contributed by atoms with Gasteiger partial charge in [-0.1, -0.05) is 56.3 Å². The second-order valence-electron chi connectivity index (χ2n) is 13.0. The molecule has 5 fully saturated rings. The summed E-state index contributed by atoms with van der Waals surface area (Å²) in [4.78, 5) is 0. The summed E-state index contributed by atoms with van der Waals surface area (Å²) in [6.45, 7) is 8.89. The molecule has 1 N–H and O–H groups in total. The molecule has 3 heteroatoms. The molecule has 0 radical (unpaired) electrons. The van der Waals surface area contributed by atoms with Crippen LogP contribution in [0.4, 0.5) is 0 Å². The number of rotatable bonds is 3. The van der Waals surface area contributed by atoms with Crippen LogP contribution in [0.3, 0.4) is 0 Å². The fraction of sp³-hybridized carbons (Fsp3) is 0.742. The minimum atomic E-state index is -0.375. The van der Waals surface area contributed by atoms with Gasteiger partial charge in [0.1, 0.15) is 0 Å². The van der Waals surface area contributed by atoms with Crippen molar-refractivity contribution in [1.82, 2.24) is 0 Å². The average molecular weight is 465 g/mol. The zero-order chi connectivity index (χ0) is 23.6. The number of aliphatic hydroxyl groups excluding tert-OH is 1. The number of aliphatic hydroxyl groups is 1. The molecule has 5 aliphatic rings. The summed E-state index contributed by atoms with van der Waals surface area (Å²) < 4.78 is 12.4. The van der Waals surface area contributed by atoms with Gasteiger partial charge in [0.2, 0.25) is 0 Å². The van der Waals surface area contributed by atoms with Crippen molar-refractivity contribution in [2.75, 3.05) is 13.2 Å². The van der Waals surface area contributed by atoms with E-state index >= 15 is 0 Å². The summed E-state index contributed by atoms with van der Waals surface area (Å²) >= 11 is 0. The second-order valence-corrected chi connectivity index (χ2v) is 13.0. The molecule has 1 heterocycles. The van der Waals surface area contributed by atoms with Crippen LogP contribution >= 0.6 is 0 Å². The lowest BCUT2D eigenvalue weighted by Gasteiger charge is -2.62. The van der Waals surface area contributed by atoms with Crippen molar-refractivity contribution in [3.8, 4) is 0 Å². The van der Waals surface area contributed by atoms with Gasteiger partial charge in [-0.3, -0.25) is 0 Å². The summed E-state index contributed by atoms with van der Waals surface area (Å²) in [5, 5.41) is 11.1. The lowest BCUT2D eigenvalue weighted by molar-refractivity contribution is -0.219. The molecule has 6 rings (SSSR count). The summed E-state index contributed by atoms with van der Waals surface area (Å²) in [6, 6.07) is 10.6.